The Morgan fingerprint density at radius 2 is 2.25 bits per heavy atom. The van der Waals surface area contributed by atoms with E-state index in [1.54, 1.807) is 0 Å². The van der Waals surface area contributed by atoms with Crippen LogP contribution in [-0.2, 0) is 20.1 Å². The van der Waals surface area contributed by atoms with Gasteiger partial charge in [0.2, 0.25) is 0 Å². The Labute approximate surface area is 93.5 Å². The summed E-state index contributed by atoms with van der Waals surface area (Å²) in [5.74, 6) is -1.44. The Kier molecular flexibility index (Phi) is 2.02. The second kappa shape index (κ2) is 3.30. The number of fused-ring (bicyclic) bond motifs is 2. The van der Waals surface area contributed by atoms with Gasteiger partial charge in [0.1, 0.15) is 0 Å². The van der Waals surface area contributed by atoms with Crippen LogP contribution in [-0.4, -0.2) is 18.6 Å². The van der Waals surface area contributed by atoms with Crippen molar-refractivity contribution in [3.8, 4) is 0 Å². The molecule has 1 amide bonds. The van der Waals surface area contributed by atoms with E-state index in [4.69, 9.17) is 9.47 Å². The van der Waals surface area contributed by atoms with Crippen molar-refractivity contribution in [2.24, 2.45) is 0 Å². The van der Waals surface area contributed by atoms with Gasteiger partial charge in [0.25, 0.3) is 11.7 Å². The third-order valence-corrected chi connectivity index (χ3v) is 3.03. The molecule has 1 aromatic carbocycles. The molecule has 4 heteroatoms. The van der Waals surface area contributed by atoms with Crippen molar-refractivity contribution in [3.63, 3.8) is 0 Å². The largest absolute Gasteiger partial charge is 0.338 e. The highest BCUT2D eigenvalue weighted by Crippen LogP contribution is 2.42. The predicted octanol–water partition coefficient (Wildman–Crippen LogP) is 1.62. The molecule has 1 fully saturated rings. The molecule has 0 unspecified atom stereocenters. The van der Waals surface area contributed by atoms with E-state index in [1.807, 2.05) is 31.2 Å². The van der Waals surface area contributed by atoms with Crippen molar-refractivity contribution < 1.29 is 14.3 Å². The van der Waals surface area contributed by atoms with Crippen LogP contribution in [0.15, 0.2) is 24.3 Å². The number of amides is 1. The summed E-state index contributed by atoms with van der Waals surface area (Å²) >= 11 is 0. The molecule has 2 aliphatic heterocycles. The lowest BCUT2D eigenvalue weighted by molar-refractivity contribution is -0.276. The molecule has 4 nitrogen and oxygen atoms in total. The molecular weight excluding hydrogens is 206 g/mol. The lowest BCUT2D eigenvalue weighted by Crippen LogP contribution is -2.46. The first-order valence-electron chi connectivity index (χ1n) is 5.45. The van der Waals surface area contributed by atoms with Crippen molar-refractivity contribution in [1.82, 2.24) is 0 Å². The number of nitrogens with one attached hydrogen (secondary N) is 1. The van der Waals surface area contributed by atoms with Crippen LogP contribution in [0, 0.1) is 0 Å². The Balaban J connectivity index is 2.09. The first-order valence-corrected chi connectivity index (χ1v) is 5.45. The highest BCUT2D eigenvalue weighted by atomic mass is 16.7. The van der Waals surface area contributed by atoms with Crippen LogP contribution in [0.5, 0.6) is 0 Å². The summed E-state index contributed by atoms with van der Waals surface area (Å²) in [6, 6.07) is 7.48. The summed E-state index contributed by atoms with van der Waals surface area (Å²) in [7, 11) is 0. The first kappa shape index (κ1) is 9.81. The number of hydrogen-bond donors (Lipinski definition) is 1. The Morgan fingerprint density at radius 1 is 1.44 bits per heavy atom. The van der Waals surface area contributed by atoms with E-state index in [1.165, 1.54) is 0 Å². The maximum absolute atomic E-state index is 12.0. The second-order valence-corrected chi connectivity index (χ2v) is 4.18. The maximum Gasteiger partial charge on any atom is 0.289 e. The van der Waals surface area contributed by atoms with E-state index in [-0.39, 0.29) is 12.0 Å². The summed E-state index contributed by atoms with van der Waals surface area (Å²) in [6.07, 6.45) is 0.850. The minimum atomic E-state index is -1.21. The van der Waals surface area contributed by atoms with Crippen LogP contribution >= 0.6 is 0 Å². The van der Waals surface area contributed by atoms with Gasteiger partial charge >= 0.3 is 0 Å². The van der Waals surface area contributed by atoms with Crippen molar-refractivity contribution in [3.05, 3.63) is 29.8 Å². The standard InChI is InChI=1S/C12H13NO3/c1-8-6-7-15-12(16-8)9-4-2-3-5-10(9)13-11(12)14/h2-5,8H,6-7H2,1H3,(H,13,14)/t8-,12-/m1/s1. The van der Waals surface area contributed by atoms with Gasteiger partial charge in [-0.15, -0.1) is 0 Å². The minimum absolute atomic E-state index is 0.0330. The highest BCUT2D eigenvalue weighted by Gasteiger charge is 2.52. The molecular formula is C12H13NO3. The topological polar surface area (TPSA) is 47.6 Å². The molecule has 84 valence electrons. The summed E-state index contributed by atoms with van der Waals surface area (Å²) in [5, 5.41) is 2.79. The molecule has 16 heavy (non-hydrogen) atoms. The van der Waals surface area contributed by atoms with E-state index in [2.05, 4.69) is 5.32 Å². The Morgan fingerprint density at radius 3 is 3.06 bits per heavy atom. The smallest absolute Gasteiger partial charge is 0.289 e. The summed E-state index contributed by atoms with van der Waals surface area (Å²) in [6.45, 7) is 2.50. The third-order valence-electron chi connectivity index (χ3n) is 3.03. The highest BCUT2D eigenvalue weighted by molar-refractivity contribution is 6.04. The monoisotopic (exact) mass is 219 g/mol. The lowest BCUT2D eigenvalue weighted by Gasteiger charge is -2.35. The Bertz CT molecular complexity index is 446. The normalized spacial score (nSPS) is 32.6. The zero-order chi connectivity index (χ0) is 11.2. The molecule has 2 atom stereocenters. The van der Waals surface area contributed by atoms with Crippen molar-refractivity contribution >= 4 is 11.6 Å². The molecule has 2 heterocycles. The lowest BCUT2D eigenvalue weighted by atomic mass is 10.1. The molecule has 0 saturated carbocycles. The van der Waals surface area contributed by atoms with Crippen molar-refractivity contribution in [2.45, 2.75) is 25.2 Å². The third kappa shape index (κ3) is 1.20. The number of benzene rings is 1. The zero-order valence-electron chi connectivity index (χ0n) is 9.03. The number of ether oxygens (including phenoxy) is 2. The first-order chi connectivity index (χ1) is 7.72. The number of rotatable bonds is 0. The average molecular weight is 219 g/mol. The van der Waals surface area contributed by atoms with Crippen LogP contribution in [0.1, 0.15) is 18.9 Å². The van der Waals surface area contributed by atoms with Gasteiger partial charge < -0.3 is 14.8 Å². The van der Waals surface area contributed by atoms with Gasteiger partial charge in [0.05, 0.1) is 18.4 Å². The minimum Gasteiger partial charge on any atom is -0.338 e. The van der Waals surface area contributed by atoms with Gasteiger partial charge in [0.15, 0.2) is 0 Å². The molecule has 0 aromatic heterocycles. The van der Waals surface area contributed by atoms with Gasteiger partial charge in [-0.3, -0.25) is 4.79 Å². The van der Waals surface area contributed by atoms with Crippen LogP contribution in [0.3, 0.4) is 0 Å². The molecule has 1 saturated heterocycles. The van der Waals surface area contributed by atoms with Crippen LogP contribution < -0.4 is 5.32 Å². The van der Waals surface area contributed by atoms with E-state index >= 15 is 0 Å². The van der Waals surface area contributed by atoms with Gasteiger partial charge in [-0.1, -0.05) is 18.2 Å². The maximum atomic E-state index is 12.0. The molecule has 1 spiro atoms. The van der Waals surface area contributed by atoms with Crippen LogP contribution in [0.2, 0.25) is 0 Å². The fraction of sp³-hybridized carbons (Fsp3) is 0.417. The Hall–Kier alpha value is -1.39. The summed E-state index contributed by atoms with van der Waals surface area (Å²) < 4.78 is 11.3. The number of hydrogen-bond acceptors (Lipinski definition) is 3. The SMILES string of the molecule is C[C@@H]1CCO[C@]2(O1)C(=O)Nc1ccccc12. The summed E-state index contributed by atoms with van der Waals surface area (Å²) in [5.41, 5.74) is 1.56. The van der Waals surface area contributed by atoms with Crippen LogP contribution in [0.4, 0.5) is 5.69 Å². The predicted molar refractivity (Wildman–Crippen MR) is 57.9 cm³/mol. The summed E-state index contributed by atoms with van der Waals surface area (Å²) in [4.78, 5) is 12.0. The molecule has 0 aliphatic carbocycles. The van der Waals surface area contributed by atoms with E-state index in [0.717, 1.165) is 17.7 Å². The number of carbonyl (C=O) groups excluding carboxylic acids is 1. The number of carbonyl (C=O) groups is 1. The fourth-order valence-corrected chi connectivity index (χ4v) is 2.21. The average Bonchev–Trinajstić information content (AvgIpc) is 2.53. The van der Waals surface area contributed by atoms with Crippen LogP contribution in [0.25, 0.3) is 0 Å². The van der Waals surface area contributed by atoms with Gasteiger partial charge in [0, 0.05) is 5.56 Å². The van der Waals surface area contributed by atoms with Gasteiger partial charge in [-0.2, -0.15) is 0 Å². The van der Waals surface area contributed by atoms with Gasteiger partial charge in [-0.05, 0) is 19.4 Å². The zero-order valence-corrected chi connectivity index (χ0v) is 9.03. The van der Waals surface area contributed by atoms with Gasteiger partial charge in [-0.25, -0.2) is 0 Å². The van der Waals surface area contributed by atoms with E-state index in [0.29, 0.717) is 6.61 Å². The van der Waals surface area contributed by atoms with E-state index in [9.17, 15) is 4.79 Å². The molecule has 1 aromatic rings. The fourth-order valence-electron chi connectivity index (χ4n) is 2.21. The second-order valence-electron chi connectivity index (χ2n) is 4.18. The molecule has 0 bridgehead atoms. The molecule has 0 radical (unpaired) electrons. The molecule has 2 aliphatic rings. The quantitative estimate of drug-likeness (QED) is 0.721. The number of para-hydroxylation sites is 1. The van der Waals surface area contributed by atoms with Crippen molar-refractivity contribution in [2.75, 3.05) is 11.9 Å². The molecule has 3 rings (SSSR count). The van der Waals surface area contributed by atoms with Crippen molar-refractivity contribution in [1.29, 1.82) is 0 Å². The molecule has 1 N–H and O–H groups in total. The van der Waals surface area contributed by atoms with E-state index < -0.39 is 5.79 Å². The number of anilines is 1.